The number of hydrogen-bond acceptors (Lipinski definition) is 4. The van der Waals surface area contributed by atoms with Gasteiger partial charge < -0.3 is 10.0 Å². The zero-order valence-corrected chi connectivity index (χ0v) is 9.13. The molecule has 4 nitrogen and oxygen atoms in total. The Kier molecular flexibility index (Phi) is 3.37. The molecule has 0 bridgehead atoms. The molecule has 1 atom stereocenters. The molecule has 0 saturated carbocycles. The standard InChI is InChI=1S/C12H15N3O/c13-6-10-3-4-12(14-7-10)15-5-1-2-11(8-15)9-16/h3-4,7,11,16H,1-2,5,8-9H2. The van der Waals surface area contributed by atoms with Gasteiger partial charge in [-0.1, -0.05) is 0 Å². The van der Waals surface area contributed by atoms with Crippen molar-refractivity contribution in [2.45, 2.75) is 12.8 Å². The molecule has 1 saturated heterocycles. The molecule has 1 aliphatic heterocycles. The fourth-order valence-corrected chi connectivity index (χ4v) is 2.06. The van der Waals surface area contributed by atoms with Crippen LogP contribution in [0.3, 0.4) is 0 Å². The van der Waals surface area contributed by atoms with Crippen LogP contribution in [-0.2, 0) is 0 Å². The summed E-state index contributed by atoms with van der Waals surface area (Å²) < 4.78 is 0. The van der Waals surface area contributed by atoms with Crippen LogP contribution in [0.15, 0.2) is 18.3 Å². The summed E-state index contributed by atoms with van der Waals surface area (Å²) in [4.78, 5) is 6.44. The largest absolute Gasteiger partial charge is 0.396 e. The third kappa shape index (κ3) is 2.31. The van der Waals surface area contributed by atoms with Crippen molar-refractivity contribution in [3.8, 4) is 6.07 Å². The van der Waals surface area contributed by atoms with Crippen molar-refractivity contribution in [3.05, 3.63) is 23.9 Å². The Balaban J connectivity index is 2.08. The number of piperidine rings is 1. The van der Waals surface area contributed by atoms with Crippen LogP contribution in [0, 0.1) is 17.2 Å². The average molecular weight is 217 g/mol. The van der Waals surface area contributed by atoms with Crippen LogP contribution in [0.2, 0.25) is 0 Å². The number of aliphatic hydroxyl groups excluding tert-OH is 1. The number of hydrogen-bond donors (Lipinski definition) is 1. The molecule has 0 spiro atoms. The van der Waals surface area contributed by atoms with E-state index in [1.807, 2.05) is 6.07 Å². The zero-order chi connectivity index (χ0) is 11.4. The molecular formula is C12H15N3O. The minimum Gasteiger partial charge on any atom is -0.396 e. The molecule has 1 unspecified atom stereocenters. The second-order valence-corrected chi connectivity index (χ2v) is 4.15. The van der Waals surface area contributed by atoms with E-state index in [2.05, 4.69) is 16.0 Å². The Morgan fingerprint density at radius 1 is 1.56 bits per heavy atom. The monoisotopic (exact) mass is 217 g/mol. The lowest BCUT2D eigenvalue weighted by Crippen LogP contribution is -2.37. The highest BCUT2D eigenvalue weighted by molar-refractivity contribution is 5.42. The third-order valence-corrected chi connectivity index (χ3v) is 2.98. The number of nitrogens with zero attached hydrogens (tertiary/aromatic N) is 3. The van der Waals surface area contributed by atoms with Gasteiger partial charge in [-0.05, 0) is 30.9 Å². The van der Waals surface area contributed by atoms with Crippen LogP contribution in [0.25, 0.3) is 0 Å². The van der Waals surface area contributed by atoms with Gasteiger partial charge in [-0.25, -0.2) is 4.98 Å². The van der Waals surface area contributed by atoms with Crippen molar-refractivity contribution >= 4 is 5.82 Å². The summed E-state index contributed by atoms with van der Waals surface area (Å²) in [5.41, 5.74) is 0.583. The molecule has 1 aliphatic rings. The van der Waals surface area contributed by atoms with Gasteiger partial charge in [0, 0.05) is 25.9 Å². The SMILES string of the molecule is N#Cc1ccc(N2CCCC(CO)C2)nc1. The highest BCUT2D eigenvalue weighted by atomic mass is 16.3. The Morgan fingerprint density at radius 2 is 2.44 bits per heavy atom. The molecule has 0 aromatic carbocycles. The van der Waals surface area contributed by atoms with Crippen LogP contribution < -0.4 is 4.90 Å². The van der Waals surface area contributed by atoms with Gasteiger partial charge in [0.2, 0.25) is 0 Å². The van der Waals surface area contributed by atoms with Crippen LogP contribution in [0.1, 0.15) is 18.4 Å². The maximum absolute atomic E-state index is 9.15. The quantitative estimate of drug-likeness (QED) is 0.807. The normalized spacial score (nSPS) is 20.5. The fourth-order valence-electron chi connectivity index (χ4n) is 2.06. The summed E-state index contributed by atoms with van der Waals surface area (Å²) in [6.07, 6.45) is 3.77. The smallest absolute Gasteiger partial charge is 0.128 e. The zero-order valence-electron chi connectivity index (χ0n) is 9.13. The molecule has 0 aliphatic carbocycles. The summed E-state index contributed by atoms with van der Waals surface area (Å²) in [6, 6.07) is 5.71. The van der Waals surface area contributed by atoms with Gasteiger partial charge in [-0.15, -0.1) is 0 Å². The molecule has 4 heteroatoms. The minimum absolute atomic E-state index is 0.243. The summed E-state index contributed by atoms with van der Waals surface area (Å²) in [5.74, 6) is 1.25. The van der Waals surface area contributed by atoms with Crippen LogP contribution in [0.4, 0.5) is 5.82 Å². The molecule has 1 aromatic heterocycles. The maximum atomic E-state index is 9.15. The van der Waals surface area contributed by atoms with Crippen LogP contribution in [-0.4, -0.2) is 29.8 Å². The highest BCUT2D eigenvalue weighted by Gasteiger charge is 2.19. The number of anilines is 1. The summed E-state index contributed by atoms with van der Waals surface area (Å²) >= 11 is 0. The Hall–Kier alpha value is -1.60. The number of aliphatic hydroxyl groups is 1. The van der Waals surface area contributed by atoms with Crippen molar-refractivity contribution in [1.29, 1.82) is 5.26 Å². The van der Waals surface area contributed by atoms with E-state index in [1.54, 1.807) is 12.3 Å². The molecule has 1 fully saturated rings. The topological polar surface area (TPSA) is 60.2 Å². The van der Waals surface area contributed by atoms with Gasteiger partial charge in [-0.2, -0.15) is 5.26 Å². The fraction of sp³-hybridized carbons (Fsp3) is 0.500. The summed E-state index contributed by atoms with van der Waals surface area (Å²) in [6.45, 7) is 2.08. The van der Waals surface area contributed by atoms with E-state index in [1.165, 1.54) is 0 Å². The van der Waals surface area contributed by atoms with Crippen LogP contribution in [0.5, 0.6) is 0 Å². The van der Waals surface area contributed by atoms with E-state index >= 15 is 0 Å². The first-order chi connectivity index (χ1) is 7.83. The van der Waals surface area contributed by atoms with Gasteiger partial charge >= 0.3 is 0 Å². The van der Waals surface area contributed by atoms with Crippen molar-refractivity contribution in [1.82, 2.24) is 4.98 Å². The van der Waals surface area contributed by atoms with Crippen molar-refractivity contribution in [2.24, 2.45) is 5.92 Å². The lowest BCUT2D eigenvalue weighted by Gasteiger charge is -2.32. The van der Waals surface area contributed by atoms with E-state index in [0.29, 0.717) is 11.5 Å². The number of rotatable bonds is 2. The molecule has 16 heavy (non-hydrogen) atoms. The second kappa shape index (κ2) is 4.95. The first-order valence-electron chi connectivity index (χ1n) is 5.55. The highest BCUT2D eigenvalue weighted by Crippen LogP contribution is 2.21. The van der Waals surface area contributed by atoms with E-state index in [4.69, 9.17) is 10.4 Å². The Morgan fingerprint density at radius 3 is 3.06 bits per heavy atom. The maximum Gasteiger partial charge on any atom is 0.128 e. The number of nitriles is 1. The molecular weight excluding hydrogens is 202 g/mol. The number of pyridine rings is 1. The average Bonchev–Trinajstić information content (AvgIpc) is 2.39. The van der Waals surface area contributed by atoms with Crippen LogP contribution >= 0.6 is 0 Å². The Labute approximate surface area is 95.1 Å². The molecule has 0 amide bonds. The predicted molar refractivity (Wildman–Crippen MR) is 61.0 cm³/mol. The molecule has 84 valence electrons. The third-order valence-electron chi connectivity index (χ3n) is 2.98. The molecule has 1 aromatic rings. The van der Waals surface area contributed by atoms with Crippen molar-refractivity contribution in [2.75, 3.05) is 24.6 Å². The minimum atomic E-state index is 0.243. The van der Waals surface area contributed by atoms with E-state index < -0.39 is 0 Å². The first kappa shape index (κ1) is 10.9. The Bertz CT molecular complexity index is 382. The molecule has 2 rings (SSSR count). The lowest BCUT2D eigenvalue weighted by molar-refractivity contribution is 0.208. The second-order valence-electron chi connectivity index (χ2n) is 4.15. The molecule has 2 heterocycles. The van der Waals surface area contributed by atoms with E-state index in [-0.39, 0.29) is 6.61 Å². The van der Waals surface area contributed by atoms with Crippen molar-refractivity contribution in [3.63, 3.8) is 0 Å². The predicted octanol–water partition coefficient (Wildman–Crippen LogP) is 1.16. The van der Waals surface area contributed by atoms with E-state index in [9.17, 15) is 0 Å². The van der Waals surface area contributed by atoms with Gasteiger partial charge in [0.05, 0.1) is 5.56 Å². The summed E-state index contributed by atoms with van der Waals surface area (Å²) in [7, 11) is 0. The van der Waals surface area contributed by atoms with Crippen molar-refractivity contribution < 1.29 is 5.11 Å². The number of aromatic nitrogens is 1. The van der Waals surface area contributed by atoms with Gasteiger partial charge in [0.15, 0.2) is 0 Å². The lowest BCUT2D eigenvalue weighted by atomic mass is 9.99. The first-order valence-corrected chi connectivity index (χ1v) is 5.55. The van der Waals surface area contributed by atoms with E-state index in [0.717, 1.165) is 31.7 Å². The summed E-state index contributed by atoms with van der Waals surface area (Å²) in [5, 5.41) is 17.8. The molecule has 0 radical (unpaired) electrons. The molecule has 1 N–H and O–H groups in total. The van der Waals surface area contributed by atoms with Gasteiger partial charge in [0.25, 0.3) is 0 Å². The van der Waals surface area contributed by atoms with Gasteiger partial charge in [0.1, 0.15) is 11.9 Å². The van der Waals surface area contributed by atoms with Gasteiger partial charge in [-0.3, -0.25) is 0 Å².